The minimum absolute atomic E-state index is 0.318. The lowest BCUT2D eigenvalue weighted by molar-refractivity contribution is 0.629. The van der Waals surface area contributed by atoms with Crippen molar-refractivity contribution in [3.8, 4) is 0 Å². The van der Waals surface area contributed by atoms with E-state index < -0.39 is 6.89 Å². The molecule has 0 aromatic heterocycles. The molecular formula is C27H19F2P. The maximum atomic E-state index is 14.3. The van der Waals surface area contributed by atoms with Gasteiger partial charge in [0.15, 0.2) is 0 Å². The summed E-state index contributed by atoms with van der Waals surface area (Å²) in [6.45, 7) is -2.56. The van der Waals surface area contributed by atoms with E-state index in [9.17, 15) is 8.78 Å². The van der Waals surface area contributed by atoms with Crippen molar-refractivity contribution in [3.63, 3.8) is 0 Å². The Morgan fingerprint density at radius 2 is 1.07 bits per heavy atom. The van der Waals surface area contributed by atoms with Gasteiger partial charge in [-0.25, -0.2) is 8.78 Å². The lowest BCUT2D eigenvalue weighted by Gasteiger charge is -2.28. The molecule has 0 radical (unpaired) electrons. The van der Waals surface area contributed by atoms with Crippen molar-refractivity contribution >= 4 is 50.6 Å². The van der Waals surface area contributed by atoms with Gasteiger partial charge >= 0.3 is 0 Å². The van der Waals surface area contributed by atoms with Crippen LogP contribution in [0.15, 0.2) is 103 Å². The van der Waals surface area contributed by atoms with Crippen molar-refractivity contribution in [2.24, 2.45) is 0 Å². The van der Waals surface area contributed by atoms with E-state index in [1.807, 2.05) is 36.4 Å². The number of hydrogen-bond acceptors (Lipinski definition) is 0. The van der Waals surface area contributed by atoms with E-state index in [0.29, 0.717) is 0 Å². The largest absolute Gasteiger partial charge is 0.207 e. The average molecular weight is 412 g/mol. The lowest BCUT2D eigenvalue weighted by Crippen LogP contribution is -2.26. The Morgan fingerprint density at radius 3 is 1.67 bits per heavy atom. The van der Waals surface area contributed by atoms with Crippen LogP contribution in [0, 0.1) is 11.6 Å². The first-order valence-corrected chi connectivity index (χ1v) is 11.7. The molecule has 0 nitrogen and oxygen atoms in total. The second-order valence-corrected chi connectivity index (χ2v) is 10.6. The fourth-order valence-corrected chi connectivity index (χ4v) is 7.39. The third kappa shape index (κ3) is 2.96. The van der Waals surface area contributed by atoms with Gasteiger partial charge in [-0.15, -0.1) is 0 Å². The molecule has 0 aliphatic heterocycles. The van der Waals surface area contributed by atoms with Gasteiger partial charge in [0.2, 0.25) is 0 Å². The molecular weight excluding hydrogens is 393 g/mol. The number of hydrogen-bond donors (Lipinski definition) is 0. The third-order valence-electron chi connectivity index (χ3n) is 5.66. The summed E-state index contributed by atoms with van der Waals surface area (Å²) < 4.78 is 28.6. The zero-order valence-corrected chi connectivity index (χ0v) is 17.1. The average Bonchev–Trinajstić information content (AvgIpc) is 2.78. The van der Waals surface area contributed by atoms with Crippen molar-refractivity contribution in [2.45, 2.75) is 0 Å². The number of rotatable bonds is 3. The summed E-state index contributed by atoms with van der Waals surface area (Å²) in [7, 11) is 0. The molecule has 0 N–H and O–H groups in total. The molecule has 0 bridgehead atoms. The highest BCUT2D eigenvalue weighted by Gasteiger charge is 2.26. The van der Waals surface area contributed by atoms with E-state index in [-0.39, 0.29) is 11.6 Å². The van der Waals surface area contributed by atoms with Gasteiger partial charge in [-0.2, -0.15) is 0 Å². The van der Waals surface area contributed by atoms with Gasteiger partial charge in [0.25, 0.3) is 0 Å². The predicted octanol–water partition coefficient (Wildman–Crippen LogP) is 6.00. The van der Waals surface area contributed by atoms with Crippen LogP contribution < -0.4 is 15.9 Å². The van der Waals surface area contributed by atoms with Gasteiger partial charge in [-0.1, -0.05) is 79.1 Å². The van der Waals surface area contributed by atoms with Crippen LogP contribution >= 0.6 is 6.89 Å². The van der Waals surface area contributed by atoms with Gasteiger partial charge in [0.1, 0.15) is 11.6 Å². The van der Waals surface area contributed by atoms with E-state index in [1.54, 1.807) is 12.1 Å². The molecule has 0 amide bonds. The van der Waals surface area contributed by atoms with E-state index in [2.05, 4.69) is 30.3 Å². The summed E-state index contributed by atoms with van der Waals surface area (Å²) in [5, 5.41) is 7.02. The molecule has 0 aliphatic rings. The van der Waals surface area contributed by atoms with Gasteiger partial charge in [-0.3, -0.25) is 0 Å². The van der Waals surface area contributed by atoms with Crippen LogP contribution in [-0.2, 0) is 0 Å². The first-order chi connectivity index (χ1) is 14.6. The second kappa shape index (κ2) is 7.23. The fraction of sp³-hybridized carbons (Fsp3) is 0. The van der Waals surface area contributed by atoms with Crippen molar-refractivity contribution < 1.29 is 8.78 Å². The normalized spacial score (nSPS) is 11.8. The molecule has 5 rings (SSSR count). The molecule has 5 aromatic rings. The molecule has 146 valence electrons. The van der Waals surface area contributed by atoms with Gasteiger partial charge in [0.05, 0.1) is 0 Å². The minimum atomic E-state index is -2.56. The summed E-state index contributed by atoms with van der Waals surface area (Å²) in [4.78, 5) is 0. The fourth-order valence-electron chi connectivity index (χ4n) is 4.20. The SMILES string of the molecule is C=P(c1cccc(F)c1)(c1cccc(F)c1)c1cc2ccccc2c2ccccc12. The van der Waals surface area contributed by atoms with E-state index in [4.69, 9.17) is 6.30 Å². The smallest absolute Gasteiger partial charge is 0.123 e. The molecule has 0 unspecified atom stereocenters. The van der Waals surface area contributed by atoms with Crippen LogP contribution in [0.25, 0.3) is 21.5 Å². The zero-order valence-electron chi connectivity index (χ0n) is 16.2. The summed E-state index contributed by atoms with van der Waals surface area (Å²) in [5.41, 5.74) is 0. The van der Waals surface area contributed by atoms with Crippen molar-refractivity contribution in [1.82, 2.24) is 0 Å². The second-order valence-electron chi connectivity index (χ2n) is 7.43. The van der Waals surface area contributed by atoms with E-state index in [1.165, 1.54) is 24.3 Å². The molecule has 0 aliphatic carbocycles. The third-order valence-corrected chi connectivity index (χ3v) is 9.17. The van der Waals surface area contributed by atoms with Crippen LogP contribution in [0.1, 0.15) is 0 Å². The predicted molar refractivity (Wildman–Crippen MR) is 127 cm³/mol. The van der Waals surface area contributed by atoms with Crippen molar-refractivity contribution in [1.29, 1.82) is 0 Å². The van der Waals surface area contributed by atoms with Crippen molar-refractivity contribution in [2.75, 3.05) is 0 Å². The Balaban J connectivity index is 1.96. The molecule has 0 saturated carbocycles. The number of benzene rings is 5. The molecule has 0 atom stereocenters. The number of fused-ring (bicyclic) bond motifs is 3. The summed E-state index contributed by atoms with van der Waals surface area (Å²) in [6.07, 6.45) is 4.70. The van der Waals surface area contributed by atoms with Gasteiger partial charge in [0, 0.05) is 0 Å². The highest BCUT2D eigenvalue weighted by molar-refractivity contribution is 7.93. The molecule has 0 heterocycles. The van der Waals surface area contributed by atoms with E-state index in [0.717, 1.165) is 37.5 Å². The molecule has 30 heavy (non-hydrogen) atoms. The van der Waals surface area contributed by atoms with Crippen LogP contribution in [-0.4, -0.2) is 6.30 Å². The minimum Gasteiger partial charge on any atom is -0.207 e. The molecule has 0 fully saturated rings. The molecule has 3 heteroatoms. The Hall–Kier alpha value is -3.22. The van der Waals surface area contributed by atoms with E-state index >= 15 is 0 Å². The van der Waals surface area contributed by atoms with Gasteiger partial charge < -0.3 is 0 Å². The standard InChI is InChI=1S/C27H19F2P/c1-30(22-11-6-9-20(28)17-22,23-12-7-10-21(29)18-23)27-16-19-8-2-3-13-24(19)25-14-4-5-15-26(25)27/h2-18H,1H2. The maximum Gasteiger partial charge on any atom is 0.123 e. The Labute approximate surface area is 174 Å². The van der Waals surface area contributed by atoms with Crippen LogP contribution in [0.4, 0.5) is 8.78 Å². The Morgan fingerprint density at radius 1 is 0.533 bits per heavy atom. The number of halogens is 2. The summed E-state index contributed by atoms with van der Waals surface area (Å²) in [5.74, 6) is -0.635. The first-order valence-electron chi connectivity index (χ1n) is 9.74. The summed E-state index contributed by atoms with van der Waals surface area (Å²) >= 11 is 0. The maximum absolute atomic E-state index is 14.3. The molecule has 0 saturated heterocycles. The van der Waals surface area contributed by atoms with Crippen LogP contribution in [0.2, 0.25) is 0 Å². The van der Waals surface area contributed by atoms with Crippen LogP contribution in [0.3, 0.4) is 0 Å². The molecule has 0 spiro atoms. The van der Waals surface area contributed by atoms with Gasteiger partial charge in [-0.05, 0) is 74.7 Å². The van der Waals surface area contributed by atoms with Crippen LogP contribution in [0.5, 0.6) is 0 Å². The van der Waals surface area contributed by atoms with Crippen molar-refractivity contribution in [3.05, 3.63) is 115 Å². The summed E-state index contributed by atoms with van der Waals surface area (Å²) in [6, 6.07) is 31.7. The highest BCUT2D eigenvalue weighted by atomic mass is 31.2. The zero-order chi connectivity index (χ0) is 20.7. The first kappa shape index (κ1) is 18.8. The monoisotopic (exact) mass is 412 g/mol. The quantitative estimate of drug-likeness (QED) is 0.252. The Kier molecular flexibility index (Phi) is 4.53. The topological polar surface area (TPSA) is 0 Å². The lowest BCUT2D eigenvalue weighted by atomic mass is 10.0. The Bertz CT molecular complexity index is 1400. The highest BCUT2D eigenvalue weighted by Crippen LogP contribution is 2.45. The molecule has 5 aromatic carbocycles.